The Balaban J connectivity index is 4.84. The van der Waals surface area contributed by atoms with Crippen LogP contribution >= 0.6 is 0 Å². The Morgan fingerprint density at radius 1 is 0.810 bits per heavy atom. The second-order valence-corrected chi connectivity index (χ2v) is 5.81. The minimum atomic E-state index is -3.46. The second kappa shape index (κ2) is 13.1. The first-order chi connectivity index (χ1) is 10.2. The average Bonchev–Trinajstić information content (AvgIpc) is 2.48. The molecule has 7 nitrogen and oxygen atoms in total. The van der Waals surface area contributed by atoms with Gasteiger partial charge in [0.2, 0.25) is 0 Å². The van der Waals surface area contributed by atoms with E-state index in [0.717, 1.165) is 0 Å². The van der Waals surface area contributed by atoms with Crippen molar-refractivity contribution < 1.29 is 28.4 Å². The first-order valence-electron chi connectivity index (χ1n) is 6.18. The zero-order valence-corrected chi connectivity index (χ0v) is 13.6. The van der Waals surface area contributed by atoms with Crippen molar-refractivity contribution in [2.24, 2.45) is 0 Å². The van der Waals surface area contributed by atoms with E-state index in [1.807, 2.05) is 7.05 Å². The lowest BCUT2D eigenvalue weighted by molar-refractivity contribution is -0.310. The van der Waals surface area contributed by atoms with Crippen LogP contribution in [0.15, 0.2) is 0 Å². The van der Waals surface area contributed by atoms with Crippen LogP contribution in [0.25, 0.3) is 0 Å². The third kappa shape index (κ3) is 9.64. The zero-order valence-electron chi connectivity index (χ0n) is 12.6. The minimum absolute atomic E-state index is 0.343. The summed E-state index contributed by atoms with van der Waals surface area (Å²) < 4.78 is 15.4. The second-order valence-electron chi connectivity index (χ2n) is 3.45. The maximum Gasteiger partial charge on any atom is 0.623 e. The van der Waals surface area contributed by atoms with Crippen LogP contribution in [0.3, 0.4) is 0 Å². The molecule has 0 aliphatic carbocycles. The molecule has 0 aliphatic rings. The van der Waals surface area contributed by atoms with Gasteiger partial charge >= 0.3 is 8.80 Å². The van der Waals surface area contributed by atoms with Gasteiger partial charge < -0.3 is 5.32 Å². The molecule has 0 bridgehead atoms. The van der Waals surface area contributed by atoms with Gasteiger partial charge in [-0.25, -0.2) is 0 Å². The monoisotopic (exact) mass is 313 g/mol. The van der Waals surface area contributed by atoms with Crippen molar-refractivity contribution in [3.8, 4) is 36.1 Å². The van der Waals surface area contributed by atoms with Crippen molar-refractivity contribution in [2.75, 3.05) is 13.6 Å². The van der Waals surface area contributed by atoms with Gasteiger partial charge in [0.05, 0.1) is 0 Å². The third-order valence-corrected chi connectivity index (χ3v) is 3.82. The molecule has 0 atom stereocenters. The highest BCUT2D eigenvalue weighted by molar-refractivity contribution is 6.59. The number of hydrogen-bond donors (Lipinski definition) is 1. The molecule has 0 aromatic rings. The van der Waals surface area contributed by atoms with Gasteiger partial charge in [-0.05, 0) is 20.0 Å². The van der Waals surface area contributed by atoms with E-state index in [0.29, 0.717) is 19.0 Å². The molecule has 8 heteroatoms. The van der Waals surface area contributed by atoms with Gasteiger partial charge in [-0.3, -0.25) is 14.7 Å². The molecular weight excluding hydrogens is 294 g/mol. The molecule has 21 heavy (non-hydrogen) atoms. The van der Waals surface area contributed by atoms with E-state index in [1.165, 1.54) is 0 Å². The van der Waals surface area contributed by atoms with Crippen LogP contribution in [-0.4, -0.2) is 22.4 Å². The highest BCUT2D eigenvalue weighted by Gasteiger charge is 2.49. The lowest BCUT2D eigenvalue weighted by atomic mass is 10.5. The quantitative estimate of drug-likeness (QED) is 0.214. The van der Waals surface area contributed by atoms with Crippen LogP contribution in [0, 0.1) is 36.1 Å². The summed E-state index contributed by atoms with van der Waals surface area (Å²) in [5, 5.41) is 2.99. The Morgan fingerprint density at radius 2 is 1.24 bits per heavy atom. The smallest absolute Gasteiger partial charge is 0.320 e. The van der Waals surface area contributed by atoms with Crippen LogP contribution in [0.4, 0.5) is 0 Å². The van der Waals surface area contributed by atoms with Gasteiger partial charge in [-0.15, -0.1) is 0 Å². The standard InChI is InChI=1S/C13H19NO6Si/c1-5-10-15-18-21(13-8-9-14-4,19-16-11-6-2)20-17-12-7-3/h14H,8-9,13H2,1-4H3. The Hall–Kier alpha value is -1.86. The van der Waals surface area contributed by atoms with Crippen molar-refractivity contribution in [2.45, 2.75) is 33.2 Å². The molecular formula is C13H19NO6Si. The molecule has 116 valence electrons. The predicted molar refractivity (Wildman–Crippen MR) is 76.0 cm³/mol. The maximum absolute atomic E-state index is 5.12. The van der Waals surface area contributed by atoms with E-state index in [4.69, 9.17) is 28.4 Å². The SMILES string of the molecule is CC#COO[Si](CCCNC)(OOC#CC)OOC#CC. The van der Waals surface area contributed by atoms with Gasteiger partial charge in [0.1, 0.15) is 0 Å². The minimum Gasteiger partial charge on any atom is -0.320 e. The Labute approximate surface area is 126 Å². The molecule has 0 aliphatic heterocycles. The molecule has 0 rings (SSSR count). The first kappa shape index (κ1) is 19.1. The Kier molecular flexibility index (Phi) is 12.0. The van der Waals surface area contributed by atoms with Gasteiger partial charge in [0.25, 0.3) is 0 Å². The van der Waals surface area contributed by atoms with Crippen LogP contribution < -0.4 is 5.32 Å². The fourth-order valence-corrected chi connectivity index (χ4v) is 2.48. The van der Waals surface area contributed by atoms with E-state index in [2.05, 4.69) is 41.4 Å². The summed E-state index contributed by atoms with van der Waals surface area (Å²) in [6.45, 7) is 5.48. The summed E-state index contributed by atoms with van der Waals surface area (Å²) in [7, 11) is -1.64. The molecule has 0 unspecified atom stereocenters. The molecule has 0 aromatic heterocycles. The fourth-order valence-electron chi connectivity index (χ4n) is 1.03. The highest BCUT2D eigenvalue weighted by Crippen LogP contribution is 2.19. The molecule has 0 spiro atoms. The summed E-state index contributed by atoms with van der Waals surface area (Å²) in [5.41, 5.74) is 0. The molecule has 0 radical (unpaired) electrons. The van der Waals surface area contributed by atoms with Crippen molar-refractivity contribution in [3.63, 3.8) is 0 Å². The lowest BCUT2D eigenvalue weighted by Gasteiger charge is -2.21. The van der Waals surface area contributed by atoms with Crippen molar-refractivity contribution >= 4 is 8.80 Å². The topological polar surface area (TPSA) is 67.4 Å². The number of hydrogen-bond acceptors (Lipinski definition) is 7. The van der Waals surface area contributed by atoms with E-state index < -0.39 is 8.80 Å². The van der Waals surface area contributed by atoms with Gasteiger partial charge in [0, 0.05) is 26.8 Å². The van der Waals surface area contributed by atoms with Gasteiger partial charge in [0.15, 0.2) is 18.3 Å². The molecule has 0 saturated heterocycles. The maximum atomic E-state index is 5.12. The van der Waals surface area contributed by atoms with Crippen LogP contribution in [0.1, 0.15) is 27.2 Å². The van der Waals surface area contributed by atoms with Crippen molar-refractivity contribution in [1.82, 2.24) is 5.32 Å². The molecule has 0 fully saturated rings. The molecule has 0 amide bonds. The highest BCUT2D eigenvalue weighted by atomic mass is 28.4. The summed E-state index contributed by atoms with van der Waals surface area (Å²) in [5.74, 6) is 7.52. The van der Waals surface area contributed by atoms with Gasteiger partial charge in [-0.2, -0.15) is 13.7 Å². The molecule has 0 saturated carbocycles. The fraction of sp³-hybridized carbons (Fsp3) is 0.538. The Morgan fingerprint density at radius 3 is 1.57 bits per heavy atom. The Bertz CT molecular complexity index is 391. The molecule has 0 aromatic carbocycles. The van der Waals surface area contributed by atoms with Crippen molar-refractivity contribution in [1.29, 1.82) is 0 Å². The van der Waals surface area contributed by atoms with Crippen LogP contribution in [0.2, 0.25) is 6.04 Å². The summed E-state index contributed by atoms with van der Waals surface area (Å²) in [6.07, 6.45) is 7.50. The summed E-state index contributed by atoms with van der Waals surface area (Å²) >= 11 is 0. The molecule has 1 N–H and O–H groups in total. The largest absolute Gasteiger partial charge is 0.623 e. The number of nitrogens with one attached hydrogen (secondary N) is 1. The summed E-state index contributed by atoms with van der Waals surface area (Å²) in [6, 6.07) is 0.343. The van der Waals surface area contributed by atoms with Crippen molar-refractivity contribution in [3.05, 3.63) is 0 Å². The van der Waals surface area contributed by atoms with E-state index in [1.54, 1.807) is 20.8 Å². The summed E-state index contributed by atoms with van der Waals surface area (Å²) in [4.78, 5) is 14.1. The van der Waals surface area contributed by atoms with Crippen LogP contribution in [-0.2, 0) is 28.4 Å². The predicted octanol–water partition coefficient (Wildman–Crippen LogP) is 1.32. The lowest BCUT2D eigenvalue weighted by Crippen LogP contribution is -2.45. The van der Waals surface area contributed by atoms with Crippen LogP contribution in [0.5, 0.6) is 0 Å². The van der Waals surface area contributed by atoms with E-state index >= 15 is 0 Å². The third-order valence-electron chi connectivity index (χ3n) is 1.85. The number of rotatable bonds is 10. The first-order valence-corrected chi connectivity index (χ1v) is 8.11. The average molecular weight is 313 g/mol. The van der Waals surface area contributed by atoms with E-state index in [-0.39, 0.29) is 0 Å². The van der Waals surface area contributed by atoms with Gasteiger partial charge in [-0.1, -0.05) is 17.8 Å². The normalized spacial score (nSPS) is 9.14. The zero-order chi connectivity index (χ0) is 15.8. The van der Waals surface area contributed by atoms with E-state index in [9.17, 15) is 0 Å². The molecule has 0 heterocycles.